The van der Waals surface area contributed by atoms with E-state index < -0.39 is 4.92 Å². The molecule has 4 rings (SSSR count). The molecule has 7 nitrogen and oxygen atoms in total. The number of rotatable bonds is 5. The summed E-state index contributed by atoms with van der Waals surface area (Å²) < 4.78 is 1.02. The van der Waals surface area contributed by atoms with E-state index >= 15 is 0 Å². The molecular formula is C20H16N4O3S2. The molecule has 0 bridgehead atoms. The highest BCUT2D eigenvalue weighted by molar-refractivity contribution is 7.22. The molecule has 3 heterocycles. The molecule has 0 aliphatic carbocycles. The number of thiophene rings is 1. The molecule has 0 aliphatic rings. The lowest BCUT2D eigenvalue weighted by atomic mass is 10.1. The first-order valence-corrected chi connectivity index (χ1v) is 10.4. The lowest BCUT2D eigenvalue weighted by molar-refractivity contribution is -0.380. The second kappa shape index (κ2) is 7.69. The van der Waals surface area contributed by atoms with Crippen LogP contribution in [0.2, 0.25) is 0 Å². The number of carbonyl (C=O) groups excluding carboxylic acids is 1. The van der Waals surface area contributed by atoms with Gasteiger partial charge in [-0.1, -0.05) is 40.9 Å². The fourth-order valence-corrected chi connectivity index (χ4v) is 4.80. The molecule has 0 unspecified atom stereocenters. The molecule has 0 saturated heterocycles. The van der Waals surface area contributed by atoms with E-state index in [1.807, 2.05) is 44.2 Å². The molecule has 0 radical (unpaired) electrons. The first-order chi connectivity index (χ1) is 13.9. The highest BCUT2D eigenvalue weighted by Crippen LogP contribution is 2.35. The van der Waals surface area contributed by atoms with Crippen LogP contribution in [0.25, 0.3) is 10.2 Å². The van der Waals surface area contributed by atoms with E-state index in [0.717, 1.165) is 32.7 Å². The Morgan fingerprint density at radius 3 is 2.55 bits per heavy atom. The van der Waals surface area contributed by atoms with Crippen LogP contribution in [-0.2, 0) is 6.54 Å². The van der Waals surface area contributed by atoms with Crippen LogP contribution in [0.1, 0.15) is 26.5 Å². The molecule has 3 aromatic heterocycles. The number of carbonyl (C=O) groups is 1. The largest absolute Gasteiger partial charge is 0.324 e. The Labute approximate surface area is 174 Å². The van der Waals surface area contributed by atoms with Gasteiger partial charge in [0.1, 0.15) is 0 Å². The van der Waals surface area contributed by atoms with Gasteiger partial charge in [-0.3, -0.25) is 24.8 Å². The van der Waals surface area contributed by atoms with Crippen LogP contribution >= 0.6 is 22.7 Å². The smallest absolute Gasteiger partial charge is 0.277 e. The topological polar surface area (TPSA) is 89.2 Å². The fraction of sp³-hybridized carbons (Fsp3) is 0.150. The number of thiazole rings is 1. The quantitative estimate of drug-likeness (QED) is 0.327. The van der Waals surface area contributed by atoms with Crippen molar-refractivity contribution in [2.45, 2.75) is 20.4 Å². The number of aromatic nitrogens is 2. The Morgan fingerprint density at radius 1 is 1.10 bits per heavy atom. The van der Waals surface area contributed by atoms with Gasteiger partial charge in [-0.25, -0.2) is 4.98 Å². The lowest BCUT2D eigenvalue weighted by Gasteiger charge is -2.18. The van der Waals surface area contributed by atoms with Gasteiger partial charge in [0.15, 0.2) is 5.13 Å². The minimum Gasteiger partial charge on any atom is -0.277 e. The highest BCUT2D eigenvalue weighted by atomic mass is 32.1. The molecule has 1 amide bonds. The number of nitrogens with zero attached hydrogens (tertiary/aromatic N) is 4. The SMILES string of the molecule is Cc1ccc(C)c2sc(N(Cc3ccccn3)C(=O)c3ccc([N+](=O)[O-])s3)nc12. The van der Waals surface area contributed by atoms with Crippen molar-refractivity contribution in [2.24, 2.45) is 0 Å². The second-order valence-electron chi connectivity index (χ2n) is 6.48. The first-order valence-electron chi connectivity index (χ1n) is 8.77. The molecule has 9 heteroatoms. The molecule has 0 atom stereocenters. The van der Waals surface area contributed by atoms with Crippen molar-refractivity contribution in [3.63, 3.8) is 0 Å². The average Bonchev–Trinajstić information content (AvgIpc) is 3.37. The average molecular weight is 425 g/mol. The Bertz CT molecular complexity index is 1180. The number of aryl methyl sites for hydroxylation is 2. The molecule has 1 aromatic carbocycles. The number of nitro groups is 1. The van der Waals surface area contributed by atoms with Gasteiger partial charge >= 0.3 is 5.00 Å². The molecular weight excluding hydrogens is 408 g/mol. The molecule has 0 N–H and O–H groups in total. The van der Waals surface area contributed by atoms with E-state index in [1.54, 1.807) is 11.1 Å². The zero-order chi connectivity index (χ0) is 20.5. The third-order valence-electron chi connectivity index (χ3n) is 4.44. The van der Waals surface area contributed by atoms with Crippen molar-refractivity contribution in [1.82, 2.24) is 9.97 Å². The second-order valence-corrected chi connectivity index (χ2v) is 8.52. The van der Waals surface area contributed by atoms with Crippen LogP contribution in [0, 0.1) is 24.0 Å². The van der Waals surface area contributed by atoms with Gasteiger partial charge < -0.3 is 0 Å². The summed E-state index contributed by atoms with van der Waals surface area (Å²) in [5.74, 6) is -0.330. The number of fused-ring (bicyclic) bond motifs is 1. The summed E-state index contributed by atoms with van der Waals surface area (Å²) in [6.07, 6.45) is 1.67. The minimum atomic E-state index is -0.491. The van der Waals surface area contributed by atoms with Crippen molar-refractivity contribution in [1.29, 1.82) is 0 Å². The number of amides is 1. The summed E-state index contributed by atoms with van der Waals surface area (Å²) in [6, 6.07) is 12.4. The van der Waals surface area contributed by atoms with E-state index in [1.165, 1.54) is 23.5 Å². The molecule has 0 fully saturated rings. The molecule has 146 valence electrons. The normalized spacial score (nSPS) is 11.0. The maximum Gasteiger partial charge on any atom is 0.324 e. The Balaban J connectivity index is 1.79. The van der Waals surface area contributed by atoms with Gasteiger partial charge in [0, 0.05) is 12.3 Å². The number of hydrogen-bond donors (Lipinski definition) is 0. The van der Waals surface area contributed by atoms with Gasteiger partial charge in [-0.15, -0.1) is 0 Å². The molecule has 0 saturated carbocycles. The van der Waals surface area contributed by atoms with Crippen molar-refractivity contribution in [2.75, 3.05) is 4.90 Å². The van der Waals surface area contributed by atoms with Crippen LogP contribution in [0.4, 0.5) is 10.1 Å². The number of anilines is 1. The maximum atomic E-state index is 13.3. The van der Waals surface area contributed by atoms with Gasteiger partial charge in [-0.05, 0) is 43.2 Å². The Kier molecular flexibility index (Phi) is 5.08. The van der Waals surface area contributed by atoms with Crippen molar-refractivity contribution in [3.05, 3.63) is 80.5 Å². The standard InChI is InChI=1S/C20H16N4O3S2/c1-12-6-7-13(2)18-17(12)22-20(29-18)23(11-14-5-3-4-10-21-14)19(25)15-8-9-16(28-15)24(26)27/h3-10H,11H2,1-2H3. The number of pyridine rings is 1. The van der Waals surface area contributed by atoms with Gasteiger partial charge in [0.25, 0.3) is 5.91 Å². The molecule has 29 heavy (non-hydrogen) atoms. The fourth-order valence-electron chi connectivity index (χ4n) is 2.92. The van der Waals surface area contributed by atoms with Crippen LogP contribution in [-0.4, -0.2) is 20.8 Å². The third-order valence-corrected chi connectivity index (χ3v) is 6.67. The summed E-state index contributed by atoms with van der Waals surface area (Å²) in [7, 11) is 0. The summed E-state index contributed by atoms with van der Waals surface area (Å²) >= 11 is 2.30. The van der Waals surface area contributed by atoms with E-state index in [4.69, 9.17) is 4.98 Å². The summed E-state index contributed by atoms with van der Waals surface area (Å²) in [5, 5.41) is 11.5. The zero-order valence-corrected chi connectivity index (χ0v) is 17.3. The maximum absolute atomic E-state index is 13.3. The summed E-state index contributed by atoms with van der Waals surface area (Å²) in [6.45, 7) is 4.22. The van der Waals surface area contributed by atoms with E-state index in [9.17, 15) is 14.9 Å². The van der Waals surface area contributed by atoms with Crippen molar-refractivity contribution >= 4 is 48.9 Å². The van der Waals surface area contributed by atoms with E-state index in [2.05, 4.69) is 4.98 Å². The number of benzene rings is 1. The predicted molar refractivity (Wildman–Crippen MR) is 115 cm³/mol. The first kappa shape index (κ1) is 19.2. The van der Waals surface area contributed by atoms with Crippen LogP contribution in [0.15, 0.2) is 48.7 Å². The lowest BCUT2D eigenvalue weighted by Crippen LogP contribution is -2.30. The van der Waals surface area contributed by atoms with Crippen LogP contribution < -0.4 is 4.90 Å². The Morgan fingerprint density at radius 2 is 1.90 bits per heavy atom. The van der Waals surface area contributed by atoms with Gasteiger partial charge in [-0.2, -0.15) is 0 Å². The summed E-state index contributed by atoms with van der Waals surface area (Å²) in [4.78, 5) is 34.7. The Hall–Kier alpha value is -3.17. The highest BCUT2D eigenvalue weighted by Gasteiger charge is 2.26. The molecule has 4 aromatic rings. The van der Waals surface area contributed by atoms with Crippen LogP contribution in [0.3, 0.4) is 0 Å². The minimum absolute atomic E-state index is 0.0675. The zero-order valence-electron chi connectivity index (χ0n) is 15.7. The monoisotopic (exact) mass is 424 g/mol. The van der Waals surface area contributed by atoms with E-state index in [-0.39, 0.29) is 17.5 Å². The van der Waals surface area contributed by atoms with E-state index in [0.29, 0.717) is 15.7 Å². The third kappa shape index (κ3) is 3.74. The van der Waals surface area contributed by atoms with Crippen LogP contribution in [0.5, 0.6) is 0 Å². The van der Waals surface area contributed by atoms with Crippen molar-refractivity contribution < 1.29 is 9.72 Å². The van der Waals surface area contributed by atoms with Crippen molar-refractivity contribution in [3.8, 4) is 0 Å². The number of hydrogen-bond acceptors (Lipinski definition) is 7. The van der Waals surface area contributed by atoms with Gasteiger partial charge in [0.05, 0.1) is 32.3 Å². The summed E-state index contributed by atoms with van der Waals surface area (Å²) in [5.41, 5.74) is 3.69. The predicted octanol–water partition coefficient (Wildman–Crippen LogP) is 5.12. The van der Waals surface area contributed by atoms with Gasteiger partial charge in [0.2, 0.25) is 0 Å². The molecule has 0 spiro atoms. The molecule has 0 aliphatic heterocycles.